The lowest BCUT2D eigenvalue weighted by molar-refractivity contribution is -0.162. The molecule has 1 aliphatic heterocycles. The lowest BCUT2D eigenvalue weighted by atomic mass is 10.1. The molecule has 0 N–H and O–H groups in total. The lowest BCUT2D eigenvalue weighted by Crippen LogP contribution is -2.36. The Morgan fingerprint density at radius 1 is 1.22 bits per heavy atom. The van der Waals surface area contributed by atoms with Gasteiger partial charge in [0, 0.05) is 13.1 Å². The molecule has 0 spiro atoms. The molecule has 1 unspecified atom stereocenters. The van der Waals surface area contributed by atoms with Crippen molar-refractivity contribution in [1.29, 1.82) is 0 Å². The van der Waals surface area contributed by atoms with Crippen molar-refractivity contribution >= 4 is 15.9 Å². The molecule has 1 aromatic carbocycles. The predicted molar refractivity (Wildman–Crippen MR) is 76.6 cm³/mol. The maximum Gasteiger partial charge on any atom is 0.422 e. The topological polar surface area (TPSA) is 63.7 Å². The number of rotatable bonds is 2. The summed E-state index contributed by atoms with van der Waals surface area (Å²) in [5.41, 5.74) is 0.609. The van der Waals surface area contributed by atoms with E-state index in [2.05, 4.69) is 4.74 Å². The minimum atomic E-state index is -4.61. The molecule has 1 atom stereocenters. The highest BCUT2D eigenvalue weighted by Gasteiger charge is 2.35. The van der Waals surface area contributed by atoms with Gasteiger partial charge >= 0.3 is 12.3 Å². The Morgan fingerprint density at radius 2 is 1.87 bits per heavy atom. The Kier molecular flexibility index (Phi) is 5.18. The number of amides is 1. The maximum atomic E-state index is 12.3. The first-order valence-electron chi connectivity index (χ1n) is 6.94. The first-order chi connectivity index (χ1) is 10.7. The highest BCUT2D eigenvalue weighted by molar-refractivity contribution is 7.91. The number of hydrogen-bond acceptors (Lipinski definition) is 4. The van der Waals surface area contributed by atoms with Crippen LogP contribution in [0.5, 0.6) is 0 Å². The van der Waals surface area contributed by atoms with Crippen LogP contribution in [0.1, 0.15) is 17.2 Å². The fraction of sp³-hybridized carbons (Fsp3) is 0.500. The Morgan fingerprint density at radius 3 is 2.48 bits per heavy atom. The minimum Gasteiger partial charge on any atom is -0.440 e. The number of carbonyl (C=O) groups excluding carboxylic acids is 1. The normalized spacial score (nSPS) is 21.5. The first kappa shape index (κ1) is 17.6. The van der Waals surface area contributed by atoms with E-state index in [1.165, 1.54) is 0 Å². The highest BCUT2D eigenvalue weighted by Crippen LogP contribution is 2.29. The smallest absolute Gasteiger partial charge is 0.422 e. The molecule has 1 fully saturated rings. The summed E-state index contributed by atoms with van der Waals surface area (Å²) in [5, 5.41) is -0.774. The van der Waals surface area contributed by atoms with E-state index >= 15 is 0 Å². The summed E-state index contributed by atoms with van der Waals surface area (Å²) in [6.07, 6.45) is -5.64. The van der Waals surface area contributed by atoms with Crippen LogP contribution in [0.3, 0.4) is 0 Å². The number of hydrogen-bond donors (Lipinski definition) is 0. The summed E-state index contributed by atoms with van der Waals surface area (Å²) in [4.78, 5) is 12.7. The van der Waals surface area contributed by atoms with Crippen LogP contribution >= 0.6 is 0 Å². The highest BCUT2D eigenvalue weighted by atomic mass is 32.2. The summed E-state index contributed by atoms with van der Waals surface area (Å²) >= 11 is 0. The monoisotopic (exact) mass is 351 g/mol. The van der Waals surface area contributed by atoms with Gasteiger partial charge in [-0.25, -0.2) is 13.2 Å². The fourth-order valence-electron chi connectivity index (χ4n) is 2.40. The Balaban J connectivity index is 2.07. The van der Waals surface area contributed by atoms with Gasteiger partial charge in [0.15, 0.2) is 16.4 Å². The molecule has 0 saturated carbocycles. The second-order valence-electron chi connectivity index (χ2n) is 5.21. The van der Waals surface area contributed by atoms with Gasteiger partial charge in [-0.2, -0.15) is 13.2 Å². The number of nitrogens with zero attached hydrogens (tertiary/aromatic N) is 1. The third-order valence-electron chi connectivity index (χ3n) is 3.53. The van der Waals surface area contributed by atoms with Gasteiger partial charge in [0.05, 0.1) is 11.0 Å². The van der Waals surface area contributed by atoms with Crippen molar-refractivity contribution in [3.8, 4) is 0 Å². The molecule has 1 heterocycles. The molecule has 128 valence electrons. The molecule has 0 aliphatic carbocycles. The Labute approximate surface area is 132 Å². The van der Waals surface area contributed by atoms with Gasteiger partial charge in [-0.05, 0) is 12.0 Å². The minimum absolute atomic E-state index is 0.0233. The van der Waals surface area contributed by atoms with Crippen LogP contribution in [0.4, 0.5) is 18.0 Å². The molecule has 0 aromatic heterocycles. The molecular weight excluding hydrogens is 335 g/mol. The van der Waals surface area contributed by atoms with E-state index in [1.807, 2.05) is 0 Å². The summed E-state index contributed by atoms with van der Waals surface area (Å²) < 4.78 is 65.1. The van der Waals surface area contributed by atoms with E-state index in [0.29, 0.717) is 5.56 Å². The second-order valence-corrected chi connectivity index (χ2v) is 7.51. The van der Waals surface area contributed by atoms with E-state index in [0.717, 1.165) is 4.90 Å². The first-order valence-corrected chi connectivity index (χ1v) is 8.65. The van der Waals surface area contributed by atoms with Crippen molar-refractivity contribution in [2.75, 3.05) is 25.4 Å². The van der Waals surface area contributed by atoms with E-state index in [1.54, 1.807) is 30.3 Å². The van der Waals surface area contributed by atoms with Gasteiger partial charge in [-0.15, -0.1) is 0 Å². The van der Waals surface area contributed by atoms with Gasteiger partial charge in [0.1, 0.15) is 0 Å². The Bertz CT molecular complexity index is 646. The summed E-state index contributed by atoms with van der Waals surface area (Å²) in [5.74, 6) is -0.312. The molecule has 1 aliphatic rings. The molecule has 1 saturated heterocycles. The zero-order valence-electron chi connectivity index (χ0n) is 12.1. The van der Waals surface area contributed by atoms with Crippen molar-refractivity contribution in [2.24, 2.45) is 0 Å². The van der Waals surface area contributed by atoms with E-state index in [9.17, 15) is 26.4 Å². The van der Waals surface area contributed by atoms with Gasteiger partial charge in [0.2, 0.25) is 0 Å². The number of sulfone groups is 1. The van der Waals surface area contributed by atoms with Crippen LogP contribution in [0.15, 0.2) is 30.3 Å². The number of benzene rings is 1. The fourth-order valence-corrected chi connectivity index (χ4v) is 4.20. The largest absolute Gasteiger partial charge is 0.440 e. The standard InChI is InChI=1S/C14H16F3NO4S/c15-14(16,17)10-22-13(19)18-7-6-12(23(20,21)9-8-18)11-4-2-1-3-5-11/h1-5,12H,6-10H2. The van der Waals surface area contributed by atoms with E-state index in [4.69, 9.17) is 0 Å². The van der Waals surface area contributed by atoms with Crippen LogP contribution in [-0.2, 0) is 14.6 Å². The molecule has 9 heteroatoms. The van der Waals surface area contributed by atoms with E-state index in [-0.39, 0.29) is 25.3 Å². The SMILES string of the molecule is O=C(OCC(F)(F)F)N1CCC(c2ccccc2)S(=O)(=O)CC1. The van der Waals surface area contributed by atoms with Crippen LogP contribution in [0.2, 0.25) is 0 Å². The van der Waals surface area contributed by atoms with Crippen molar-refractivity contribution in [1.82, 2.24) is 4.90 Å². The molecule has 2 rings (SSSR count). The van der Waals surface area contributed by atoms with Gasteiger partial charge in [-0.1, -0.05) is 30.3 Å². The number of ether oxygens (including phenoxy) is 1. The van der Waals surface area contributed by atoms with Crippen LogP contribution in [0.25, 0.3) is 0 Å². The van der Waals surface area contributed by atoms with Crippen LogP contribution in [0, 0.1) is 0 Å². The van der Waals surface area contributed by atoms with E-state index < -0.39 is 34.0 Å². The molecule has 5 nitrogen and oxygen atoms in total. The summed E-state index contributed by atoms with van der Waals surface area (Å²) in [6, 6.07) is 8.55. The average Bonchev–Trinajstić information content (AvgIpc) is 2.63. The van der Waals surface area contributed by atoms with Gasteiger partial charge in [-0.3, -0.25) is 0 Å². The van der Waals surface area contributed by atoms with Crippen LogP contribution in [-0.4, -0.2) is 51.0 Å². The molecule has 1 amide bonds. The summed E-state index contributed by atoms with van der Waals surface area (Å²) in [6.45, 7) is -1.84. The van der Waals surface area contributed by atoms with Crippen LogP contribution < -0.4 is 0 Å². The molecule has 0 bridgehead atoms. The molecular formula is C14H16F3NO4S. The third kappa shape index (κ3) is 4.85. The lowest BCUT2D eigenvalue weighted by Gasteiger charge is -2.20. The van der Waals surface area contributed by atoms with Crippen molar-refractivity contribution in [3.05, 3.63) is 35.9 Å². The predicted octanol–water partition coefficient (Wildman–Crippen LogP) is 2.55. The maximum absolute atomic E-state index is 12.3. The van der Waals surface area contributed by atoms with Gasteiger partial charge < -0.3 is 9.64 Å². The zero-order valence-corrected chi connectivity index (χ0v) is 12.9. The molecule has 0 radical (unpaired) electrons. The average molecular weight is 351 g/mol. The van der Waals surface area contributed by atoms with Crippen molar-refractivity contribution in [3.63, 3.8) is 0 Å². The number of carbonyl (C=O) groups is 1. The van der Waals surface area contributed by atoms with Crippen molar-refractivity contribution < 1.29 is 31.1 Å². The molecule has 1 aromatic rings. The summed E-state index contributed by atoms with van der Waals surface area (Å²) in [7, 11) is -3.49. The molecule has 23 heavy (non-hydrogen) atoms. The second kappa shape index (κ2) is 6.77. The number of alkyl halides is 3. The number of halogens is 3. The third-order valence-corrected chi connectivity index (χ3v) is 5.66. The zero-order chi connectivity index (χ0) is 17.1. The van der Waals surface area contributed by atoms with Crippen molar-refractivity contribution in [2.45, 2.75) is 17.8 Å². The van der Waals surface area contributed by atoms with Gasteiger partial charge in [0.25, 0.3) is 0 Å². The quantitative estimate of drug-likeness (QED) is 0.821. The Hall–Kier alpha value is -1.77.